The number of H-pyrrole nitrogens is 1. The molecule has 2 aromatic heterocycles. The molecule has 2 aromatic rings. The number of halogens is 1. The Balaban J connectivity index is 1.76. The Morgan fingerprint density at radius 1 is 1.12 bits per heavy atom. The topological polar surface area (TPSA) is 260 Å². The fourth-order valence-corrected chi connectivity index (χ4v) is 6.11. The summed E-state index contributed by atoms with van der Waals surface area (Å²) >= 11 is 5.06. The number of aromatic nitrogens is 3. The van der Waals surface area contributed by atoms with Gasteiger partial charge in [0.25, 0.3) is 5.56 Å². The monoisotopic (exact) mass is 569 g/mol. The summed E-state index contributed by atoms with van der Waals surface area (Å²) in [6, 6.07) is 0. The summed E-state index contributed by atoms with van der Waals surface area (Å²) in [5.74, 6) is -1.30. The van der Waals surface area contributed by atoms with Crippen LogP contribution in [0, 0.1) is 10.5 Å². The highest BCUT2D eigenvalue weighted by atomic mass is 32.1. The molecule has 17 nitrogen and oxygen atoms in total. The van der Waals surface area contributed by atoms with Crippen molar-refractivity contribution in [1.82, 2.24) is 14.4 Å². The van der Waals surface area contributed by atoms with E-state index in [0.29, 0.717) is 0 Å². The summed E-state index contributed by atoms with van der Waals surface area (Å²) in [6.45, 7) is -1.04. The lowest BCUT2D eigenvalue weighted by Gasteiger charge is -2.19. The van der Waals surface area contributed by atoms with Gasteiger partial charge in [0.15, 0.2) is 0 Å². The Morgan fingerprint density at radius 3 is 2.38 bits per heavy atom. The molecule has 7 N–H and O–H groups in total. The smallest absolute Gasteiger partial charge is 0.387 e. The van der Waals surface area contributed by atoms with Gasteiger partial charge in [0.2, 0.25) is 11.6 Å². The Bertz CT molecular complexity index is 1360. The molecule has 1 saturated heterocycles. The number of aromatic amines is 1. The summed E-state index contributed by atoms with van der Waals surface area (Å²) in [5.41, 5.74) is -1.11. The average molecular weight is 569 g/mol. The molecule has 22 heteroatoms. The molecule has 0 spiro atoms. The van der Waals surface area contributed by atoms with Gasteiger partial charge in [0.05, 0.1) is 12.8 Å². The maximum atomic E-state index is 13.6. The highest BCUT2D eigenvalue weighted by molar-refractivity contribution is 7.71. The van der Waals surface area contributed by atoms with Gasteiger partial charge < -0.3 is 34.5 Å². The molecule has 0 amide bonds. The Morgan fingerprint density at radius 2 is 1.76 bits per heavy atom. The summed E-state index contributed by atoms with van der Waals surface area (Å²) in [4.78, 5) is 53.0. The molecule has 0 saturated carbocycles. The van der Waals surface area contributed by atoms with Gasteiger partial charge in [-0.1, -0.05) is 12.2 Å². The quantitative estimate of drug-likeness (QED) is 0.155. The Hall–Kier alpha value is -1.27. The number of phosphoric acid groups is 3. The van der Waals surface area contributed by atoms with Crippen molar-refractivity contribution in [2.24, 2.45) is 0 Å². The molecule has 1 aliphatic rings. The van der Waals surface area contributed by atoms with Crippen molar-refractivity contribution in [1.29, 1.82) is 0 Å². The first-order chi connectivity index (χ1) is 15.5. The standard InChI is InChI=1S/C12H15FN3O14P3S/c13-5-2-16-1-4(11(34)15-12(16)14-10(5)19)9-8(18)7(17)6(28-9)3-27-32(23,24)30-33(25,26)29-31(20,21)22/h1-2,6-9,17-18H,3H2,(H,23,24)(H,25,26)(H2,20,21,22)(H,14,15,19,34)/t6-,7?,8+,9+/m1/s1. The molecule has 0 aliphatic carbocycles. The zero-order valence-corrected chi connectivity index (χ0v) is 19.6. The second-order valence-corrected chi connectivity index (χ2v) is 11.4. The number of fused-ring (bicyclic) bond motifs is 1. The highest BCUT2D eigenvalue weighted by Crippen LogP contribution is 2.66. The number of nitrogens with one attached hydrogen (secondary N) is 1. The molecule has 0 radical (unpaired) electrons. The van der Waals surface area contributed by atoms with Crippen LogP contribution in [0.5, 0.6) is 0 Å². The van der Waals surface area contributed by atoms with E-state index in [1.807, 2.05) is 0 Å². The van der Waals surface area contributed by atoms with Crippen LogP contribution in [-0.4, -0.2) is 69.1 Å². The first-order valence-corrected chi connectivity index (χ1v) is 13.5. The van der Waals surface area contributed by atoms with Crippen LogP contribution in [0.15, 0.2) is 17.2 Å². The van der Waals surface area contributed by atoms with Crippen LogP contribution in [0.25, 0.3) is 5.78 Å². The van der Waals surface area contributed by atoms with Crippen molar-refractivity contribution in [3.63, 3.8) is 0 Å². The fourth-order valence-electron chi connectivity index (χ4n) is 2.83. The lowest BCUT2D eigenvalue weighted by Crippen LogP contribution is -2.33. The normalized spacial score (nSPS) is 26.9. The third-order valence-electron chi connectivity index (χ3n) is 4.16. The third kappa shape index (κ3) is 6.48. The minimum atomic E-state index is -5.76. The van der Waals surface area contributed by atoms with Crippen molar-refractivity contribution in [2.75, 3.05) is 6.61 Å². The summed E-state index contributed by atoms with van der Waals surface area (Å²) in [5, 5.41) is 20.5. The van der Waals surface area contributed by atoms with E-state index in [1.54, 1.807) is 0 Å². The zero-order valence-electron chi connectivity index (χ0n) is 16.1. The van der Waals surface area contributed by atoms with Crippen LogP contribution < -0.4 is 5.56 Å². The molecule has 190 valence electrons. The van der Waals surface area contributed by atoms with E-state index in [-0.39, 0.29) is 16.0 Å². The first-order valence-electron chi connectivity index (χ1n) is 8.60. The molecule has 3 unspecified atom stereocenters. The van der Waals surface area contributed by atoms with Crippen molar-refractivity contribution >= 4 is 41.5 Å². The summed E-state index contributed by atoms with van der Waals surface area (Å²) in [7, 11) is -16.9. The van der Waals surface area contributed by atoms with Gasteiger partial charge in [-0.05, 0) is 0 Å². The van der Waals surface area contributed by atoms with Crippen LogP contribution in [0.2, 0.25) is 0 Å². The van der Waals surface area contributed by atoms with Gasteiger partial charge in [-0.15, -0.1) is 0 Å². The van der Waals surface area contributed by atoms with E-state index in [0.717, 1.165) is 16.8 Å². The first kappa shape index (κ1) is 27.3. The molecule has 1 fully saturated rings. The lowest BCUT2D eigenvalue weighted by molar-refractivity contribution is -0.0225. The maximum Gasteiger partial charge on any atom is 0.490 e. The van der Waals surface area contributed by atoms with Crippen molar-refractivity contribution in [2.45, 2.75) is 24.4 Å². The summed E-state index contributed by atoms with van der Waals surface area (Å²) < 4.78 is 65.0. The molecule has 0 aromatic carbocycles. The molecule has 3 rings (SSSR count). The zero-order chi connectivity index (χ0) is 25.6. The van der Waals surface area contributed by atoms with Crippen LogP contribution in [-0.2, 0) is 31.6 Å². The second-order valence-electron chi connectivity index (χ2n) is 6.63. The van der Waals surface area contributed by atoms with Crippen molar-refractivity contribution < 1.29 is 65.8 Å². The Kier molecular flexibility index (Phi) is 7.75. The number of aliphatic hydroxyl groups excluding tert-OH is 2. The number of nitrogens with zero attached hydrogens (tertiary/aromatic N) is 2. The van der Waals surface area contributed by atoms with E-state index in [2.05, 4.69) is 23.1 Å². The van der Waals surface area contributed by atoms with Crippen molar-refractivity contribution in [3.05, 3.63) is 38.8 Å². The third-order valence-corrected chi connectivity index (χ3v) is 8.29. The van der Waals surface area contributed by atoms with E-state index >= 15 is 0 Å². The van der Waals surface area contributed by atoms with Gasteiger partial charge in [0.1, 0.15) is 29.1 Å². The van der Waals surface area contributed by atoms with E-state index in [4.69, 9.17) is 31.6 Å². The van der Waals surface area contributed by atoms with Gasteiger partial charge >= 0.3 is 23.5 Å². The molecular weight excluding hydrogens is 554 g/mol. The number of ether oxygens (including phenoxy) is 1. The maximum absolute atomic E-state index is 13.6. The predicted molar refractivity (Wildman–Crippen MR) is 106 cm³/mol. The number of hydrogen-bond acceptors (Lipinski definition) is 12. The van der Waals surface area contributed by atoms with E-state index < -0.39 is 65.9 Å². The Labute approximate surface area is 191 Å². The fraction of sp³-hybridized carbons (Fsp3) is 0.417. The largest absolute Gasteiger partial charge is 0.490 e. The van der Waals surface area contributed by atoms with Crippen LogP contribution >= 0.6 is 35.7 Å². The van der Waals surface area contributed by atoms with E-state index in [1.165, 1.54) is 0 Å². The molecule has 3 heterocycles. The predicted octanol–water partition coefficient (Wildman–Crippen LogP) is -0.604. The van der Waals surface area contributed by atoms with Gasteiger partial charge in [-0.25, -0.2) is 18.7 Å². The number of hydrogen-bond donors (Lipinski definition) is 7. The minimum absolute atomic E-state index is 0.0497. The number of aliphatic hydroxyl groups is 2. The number of rotatable bonds is 8. The van der Waals surface area contributed by atoms with Crippen LogP contribution in [0.1, 0.15) is 11.7 Å². The molecule has 6 atom stereocenters. The number of phosphoric ester groups is 1. The minimum Gasteiger partial charge on any atom is -0.387 e. The highest BCUT2D eigenvalue weighted by Gasteiger charge is 2.46. The molecule has 0 bridgehead atoms. The molecule has 34 heavy (non-hydrogen) atoms. The van der Waals surface area contributed by atoms with Gasteiger partial charge in [-0.3, -0.25) is 18.7 Å². The second kappa shape index (κ2) is 9.65. The van der Waals surface area contributed by atoms with Crippen LogP contribution in [0.4, 0.5) is 4.39 Å². The summed E-state index contributed by atoms with van der Waals surface area (Å²) in [6.07, 6.45) is -4.56. The van der Waals surface area contributed by atoms with Crippen molar-refractivity contribution in [3.8, 4) is 0 Å². The average Bonchev–Trinajstić information content (AvgIpc) is 2.93. The lowest BCUT2D eigenvalue weighted by atomic mass is 10.0. The molecular formula is C12H15FN3O14P3S. The van der Waals surface area contributed by atoms with Crippen LogP contribution in [0.3, 0.4) is 0 Å². The molecule has 1 aliphatic heterocycles. The van der Waals surface area contributed by atoms with E-state index in [9.17, 15) is 38.0 Å². The van der Waals surface area contributed by atoms with Gasteiger partial charge in [-0.2, -0.15) is 13.0 Å². The van der Waals surface area contributed by atoms with Gasteiger partial charge in [0, 0.05) is 11.8 Å². The SMILES string of the molecule is O=c1[nH]c2nc(=S)c([C@@H]3O[C@H](COP(=O)(O)OP(=O)(O)OP(=O)(O)O)C(O)[C@@H]3O)cn2cc1F.